The number of carbonyl (C=O) groups is 1. The molecule has 0 saturated carbocycles. The van der Waals surface area contributed by atoms with Crippen molar-refractivity contribution in [3.63, 3.8) is 0 Å². The summed E-state index contributed by atoms with van der Waals surface area (Å²) in [5.74, 6) is -0.112. The van der Waals surface area contributed by atoms with Gasteiger partial charge < -0.3 is 0 Å². The van der Waals surface area contributed by atoms with Gasteiger partial charge in [-0.2, -0.15) is 10.2 Å². The summed E-state index contributed by atoms with van der Waals surface area (Å²) in [6.45, 7) is 2.72. The maximum Gasteiger partial charge on any atom is 0.216 e. The lowest BCUT2D eigenvalue weighted by Gasteiger charge is -1.99. The van der Waals surface area contributed by atoms with Crippen molar-refractivity contribution in [2.45, 2.75) is 13.5 Å². The minimum absolute atomic E-state index is 0.112. The van der Waals surface area contributed by atoms with Crippen LogP contribution < -0.4 is 0 Å². The molecule has 0 atom stereocenters. The van der Waals surface area contributed by atoms with Crippen LogP contribution >= 0.6 is 0 Å². The van der Waals surface area contributed by atoms with Gasteiger partial charge in [-0.25, -0.2) is 4.68 Å². The Morgan fingerprint density at radius 1 is 1.20 bits per heavy atom. The van der Waals surface area contributed by atoms with Gasteiger partial charge in [-0.3, -0.25) is 9.48 Å². The molecule has 2 heterocycles. The van der Waals surface area contributed by atoms with Gasteiger partial charge in [0.2, 0.25) is 5.78 Å². The highest BCUT2D eigenvalue weighted by molar-refractivity contribution is 6.07. The van der Waals surface area contributed by atoms with Crippen LogP contribution in [0.5, 0.6) is 0 Å². The van der Waals surface area contributed by atoms with Crippen molar-refractivity contribution in [1.82, 2.24) is 19.6 Å². The van der Waals surface area contributed by atoms with E-state index in [1.54, 1.807) is 34.0 Å². The van der Waals surface area contributed by atoms with Gasteiger partial charge in [-0.15, -0.1) is 0 Å². The molecule has 0 fully saturated rings. The molecule has 0 aliphatic rings. The Kier molecular flexibility index (Phi) is 3.16. The third-order valence-electron chi connectivity index (χ3n) is 3.06. The van der Waals surface area contributed by atoms with Crippen molar-refractivity contribution < 1.29 is 4.79 Å². The molecular formula is C15H14N4O. The number of hydrogen-bond donors (Lipinski definition) is 0. The SMILES string of the molecule is CCn1cc(C(=O)c2ccn(-c3ccccc3)n2)cn1. The van der Waals surface area contributed by atoms with E-state index in [-0.39, 0.29) is 5.78 Å². The Morgan fingerprint density at radius 2 is 2.00 bits per heavy atom. The summed E-state index contributed by atoms with van der Waals surface area (Å²) in [6, 6.07) is 11.4. The normalized spacial score (nSPS) is 10.7. The highest BCUT2D eigenvalue weighted by Gasteiger charge is 2.14. The number of aromatic nitrogens is 4. The zero-order chi connectivity index (χ0) is 13.9. The highest BCUT2D eigenvalue weighted by atomic mass is 16.1. The molecule has 0 aliphatic carbocycles. The van der Waals surface area contributed by atoms with Crippen LogP contribution in [0.2, 0.25) is 0 Å². The number of rotatable bonds is 4. The first-order valence-electron chi connectivity index (χ1n) is 6.46. The van der Waals surface area contributed by atoms with E-state index in [4.69, 9.17) is 0 Å². The van der Waals surface area contributed by atoms with Crippen molar-refractivity contribution in [2.75, 3.05) is 0 Å². The van der Waals surface area contributed by atoms with E-state index in [0.717, 1.165) is 12.2 Å². The third kappa shape index (κ3) is 2.25. The van der Waals surface area contributed by atoms with Gasteiger partial charge in [0.1, 0.15) is 5.69 Å². The van der Waals surface area contributed by atoms with E-state index in [9.17, 15) is 4.79 Å². The fourth-order valence-corrected chi connectivity index (χ4v) is 1.97. The van der Waals surface area contributed by atoms with Crippen molar-refractivity contribution in [3.05, 3.63) is 66.2 Å². The molecule has 3 rings (SSSR count). The molecule has 0 radical (unpaired) electrons. The van der Waals surface area contributed by atoms with Crippen molar-refractivity contribution in [3.8, 4) is 5.69 Å². The van der Waals surface area contributed by atoms with Crippen molar-refractivity contribution in [2.24, 2.45) is 0 Å². The Hall–Kier alpha value is -2.69. The largest absolute Gasteiger partial charge is 0.287 e. The van der Waals surface area contributed by atoms with Crippen LogP contribution in [-0.2, 0) is 6.54 Å². The number of carbonyl (C=O) groups excluding carboxylic acids is 1. The lowest BCUT2D eigenvalue weighted by Crippen LogP contribution is -2.03. The molecule has 0 unspecified atom stereocenters. The average Bonchev–Trinajstić information content (AvgIpc) is 3.17. The molecule has 0 saturated heterocycles. The molecule has 0 spiro atoms. The first kappa shape index (κ1) is 12.3. The summed E-state index contributed by atoms with van der Waals surface area (Å²) in [6.07, 6.45) is 5.10. The molecule has 3 aromatic rings. The maximum absolute atomic E-state index is 12.3. The van der Waals surface area contributed by atoms with Crippen LogP contribution in [0.3, 0.4) is 0 Å². The smallest absolute Gasteiger partial charge is 0.216 e. The van der Waals surface area contributed by atoms with E-state index in [0.29, 0.717) is 11.3 Å². The number of hydrogen-bond acceptors (Lipinski definition) is 3. The van der Waals surface area contributed by atoms with E-state index < -0.39 is 0 Å². The van der Waals surface area contributed by atoms with Crippen LogP contribution in [0, 0.1) is 0 Å². The Bertz CT molecular complexity index is 727. The van der Waals surface area contributed by atoms with Gasteiger partial charge in [-0.05, 0) is 25.1 Å². The quantitative estimate of drug-likeness (QED) is 0.681. The van der Waals surface area contributed by atoms with Crippen LogP contribution in [-0.4, -0.2) is 25.3 Å². The molecule has 0 N–H and O–H groups in total. The lowest BCUT2D eigenvalue weighted by molar-refractivity contribution is 0.103. The van der Waals surface area contributed by atoms with Crippen LogP contribution in [0.25, 0.3) is 5.69 Å². The summed E-state index contributed by atoms with van der Waals surface area (Å²) < 4.78 is 3.42. The molecule has 1 aromatic carbocycles. The molecule has 0 amide bonds. The minimum Gasteiger partial charge on any atom is -0.287 e. The predicted octanol–water partition coefficient (Wildman–Crippen LogP) is 2.32. The number of nitrogens with zero attached hydrogens (tertiary/aromatic N) is 4. The fourth-order valence-electron chi connectivity index (χ4n) is 1.97. The van der Waals surface area contributed by atoms with E-state index in [1.165, 1.54) is 0 Å². The number of aryl methyl sites for hydroxylation is 1. The standard InChI is InChI=1S/C15H14N4O/c1-2-18-11-12(10-16-18)15(20)14-8-9-19(17-14)13-6-4-3-5-7-13/h3-11H,2H2,1H3. The summed E-state index contributed by atoms with van der Waals surface area (Å²) in [5.41, 5.74) is 1.91. The van der Waals surface area contributed by atoms with Gasteiger partial charge in [-0.1, -0.05) is 18.2 Å². The summed E-state index contributed by atoms with van der Waals surface area (Å²) in [4.78, 5) is 12.3. The summed E-state index contributed by atoms with van der Waals surface area (Å²) in [7, 11) is 0. The molecule has 2 aromatic heterocycles. The molecule has 0 bridgehead atoms. The van der Waals surface area contributed by atoms with Crippen LogP contribution in [0.1, 0.15) is 23.0 Å². The van der Waals surface area contributed by atoms with Crippen LogP contribution in [0.15, 0.2) is 55.0 Å². The van der Waals surface area contributed by atoms with E-state index >= 15 is 0 Å². The van der Waals surface area contributed by atoms with E-state index in [2.05, 4.69) is 10.2 Å². The molecule has 5 nitrogen and oxygen atoms in total. The monoisotopic (exact) mass is 266 g/mol. The second kappa shape index (κ2) is 5.13. The van der Waals surface area contributed by atoms with Gasteiger partial charge in [0.25, 0.3) is 0 Å². The zero-order valence-corrected chi connectivity index (χ0v) is 11.1. The Morgan fingerprint density at radius 3 is 2.70 bits per heavy atom. The molecule has 0 aliphatic heterocycles. The summed E-state index contributed by atoms with van der Waals surface area (Å²) in [5, 5.41) is 8.43. The zero-order valence-electron chi connectivity index (χ0n) is 11.1. The average molecular weight is 266 g/mol. The highest BCUT2D eigenvalue weighted by Crippen LogP contribution is 2.10. The molecular weight excluding hydrogens is 252 g/mol. The predicted molar refractivity (Wildman–Crippen MR) is 74.9 cm³/mol. The van der Waals surface area contributed by atoms with Gasteiger partial charge in [0.15, 0.2) is 0 Å². The van der Waals surface area contributed by atoms with Gasteiger partial charge in [0, 0.05) is 18.9 Å². The molecule has 100 valence electrons. The first-order chi connectivity index (χ1) is 9.78. The lowest BCUT2D eigenvalue weighted by atomic mass is 10.2. The fraction of sp³-hybridized carbons (Fsp3) is 0.133. The number of para-hydroxylation sites is 1. The van der Waals surface area contributed by atoms with Crippen LogP contribution in [0.4, 0.5) is 0 Å². The van der Waals surface area contributed by atoms with E-state index in [1.807, 2.05) is 37.3 Å². The van der Waals surface area contributed by atoms with Gasteiger partial charge in [0.05, 0.1) is 17.4 Å². The Labute approximate surface area is 116 Å². The first-order valence-corrected chi connectivity index (χ1v) is 6.46. The van der Waals surface area contributed by atoms with Crippen molar-refractivity contribution in [1.29, 1.82) is 0 Å². The Balaban J connectivity index is 1.88. The second-order valence-electron chi connectivity index (χ2n) is 4.39. The van der Waals surface area contributed by atoms with Gasteiger partial charge >= 0.3 is 0 Å². The number of ketones is 1. The molecule has 20 heavy (non-hydrogen) atoms. The summed E-state index contributed by atoms with van der Waals surface area (Å²) >= 11 is 0. The van der Waals surface area contributed by atoms with Crippen molar-refractivity contribution >= 4 is 5.78 Å². The minimum atomic E-state index is -0.112. The third-order valence-corrected chi connectivity index (χ3v) is 3.06. The topological polar surface area (TPSA) is 52.7 Å². The molecule has 5 heteroatoms. The second-order valence-corrected chi connectivity index (χ2v) is 4.39. The number of benzene rings is 1. The maximum atomic E-state index is 12.3.